The van der Waals surface area contributed by atoms with E-state index in [9.17, 15) is 19.3 Å². The molecule has 0 unspecified atom stereocenters. The molecule has 0 saturated heterocycles. The molecule has 5 rings (SSSR count). The summed E-state index contributed by atoms with van der Waals surface area (Å²) in [7, 11) is 0. The molecule has 0 bridgehead atoms. The highest BCUT2D eigenvalue weighted by atomic mass is 19.1. The number of benzene rings is 2. The lowest BCUT2D eigenvalue weighted by molar-refractivity contribution is -0.387. The van der Waals surface area contributed by atoms with Crippen molar-refractivity contribution in [2.24, 2.45) is 0 Å². The van der Waals surface area contributed by atoms with E-state index in [2.05, 4.69) is 9.97 Å². The van der Waals surface area contributed by atoms with Gasteiger partial charge in [-0.15, -0.1) is 0 Å². The fourth-order valence-corrected chi connectivity index (χ4v) is 3.76. The second kappa shape index (κ2) is 8.19. The van der Waals surface area contributed by atoms with Gasteiger partial charge in [-0.2, -0.15) is 4.39 Å². The van der Waals surface area contributed by atoms with Crippen molar-refractivity contribution in [3.63, 3.8) is 0 Å². The van der Waals surface area contributed by atoms with E-state index < -0.39 is 16.4 Å². The van der Waals surface area contributed by atoms with Gasteiger partial charge in [-0.05, 0) is 29.8 Å². The smallest absolute Gasteiger partial charge is 0.305 e. The average Bonchev–Trinajstić information content (AvgIpc) is 3.43. The zero-order valence-electron chi connectivity index (χ0n) is 17.2. The van der Waals surface area contributed by atoms with Gasteiger partial charge in [0, 0.05) is 24.2 Å². The van der Waals surface area contributed by atoms with Crippen LogP contribution in [0.15, 0.2) is 82.3 Å². The van der Waals surface area contributed by atoms with Crippen LogP contribution in [0.3, 0.4) is 0 Å². The van der Waals surface area contributed by atoms with Gasteiger partial charge in [-0.3, -0.25) is 19.5 Å². The van der Waals surface area contributed by atoms with Crippen molar-refractivity contribution in [2.45, 2.75) is 12.8 Å². The van der Waals surface area contributed by atoms with Gasteiger partial charge < -0.3 is 9.40 Å². The monoisotopic (exact) mass is 444 g/mol. The van der Waals surface area contributed by atoms with Gasteiger partial charge >= 0.3 is 5.69 Å². The Bertz CT molecular complexity index is 1470. The van der Waals surface area contributed by atoms with Gasteiger partial charge in [-0.25, -0.2) is 4.98 Å². The first kappa shape index (κ1) is 20.4. The largest absolute Gasteiger partial charge is 0.469 e. The summed E-state index contributed by atoms with van der Waals surface area (Å²) in [5.74, 6) is 0.131. The van der Waals surface area contributed by atoms with Gasteiger partial charge in [0.15, 0.2) is 5.82 Å². The standard InChI is InChI=1S/C24H17FN4O4/c25-18-9-8-16(12-22(18)29(31)32)21-14-28-23(19(26-21)11-15-5-2-1-3-6-15)27-20(24(28)30)13-17-7-4-10-33-17/h1-10,12,14,26H,11,13H2. The molecular weight excluding hydrogens is 427 g/mol. The van der Waals surface area contributed by atoms with E-state index in [1.165, 1.54) is 23.1 Å². The number of nitrogens with zero attached hydrogens (tertiary/aromatic N) is 3. The number of nitro groups is 1. The molecule has 0 atom stereocenters. The Labute approximate surface area is 186 Å². The number of halogens is 1. The number of aromatic amines is 1. The van der Waals surface area contributed by atoms with Crippen molar-refractivity contribution >= 4 is 5.69 Å². The van der Waals surface area contributed by atoms with Gasteiger partial charge in [-0.1, -0.05) is 30.3 Å². The molecule has 2 aromatic carbocycles. The van der Waals surface area contributed by atoms with Gasteiger partial charge in [0.2, 0.25) is 5.82 Å². The molecule has 1 aromatic heterocycles. The van der Waals surface area contributed by atoms with E-state index in [0.717, 1.165) is 17.7 Å². The van der Waals surface area contributed by atoms with Crippen LogP contribution in [0.4, 0.5) is 10.1 Å². The summed E-state index contributed by atoms with van der Waals surface area (Å²) in [6.07, 6.45) is 3.74. The lowest BCUT2D eigenvalue weighted by Gasteiger charge is -2.13. The van der Waals surface area contributed by atoms with E-state index in [0.29, 0.717) is 40.6 Å². The Balaban J connectivity index is 1.68. The third kappa shape index (κ3) is 3.91. The minimum atomic E-state index is -0.929. The highest BCUT2D eigenvalue weighted by Gasteiger charge is 2.22. The second-order valence-electron chi connectivity index (χ2n) is 7.55. The topological polar surface area (TPSA) is 107 Å². The maximum atomic E-state index is 13.9. The summed E-state index contributed by atoms with van der Waals surface area (Å²) in [5, 5.41) is 11.2. The zero-order valence-corrected chi connectivity index (χ0v) is 17.2. The van der Waals surface area contributed by atoms with E-state index >= 15 is 0 Å². The van der Waals surface area contributed by atoms with E-state index in [1.807, 2.05) is 30.3 Å². The van der Waals surface area contributed by atoms with Gasteiger partial charge in [0.25, 0.3) is 5.56 Å². The summed E-state index contributed by atoms with van der Waals surface area (Å²) in [6, 6.07) is 16.7. The molecule has 1 N–H and O–H groups in total. The molecule has 0 radical (unpaired) electrons. The Morgan fingerprint density at radius 2 is 1.91 bits per heavy atom. The molecule has 3 aromatic rings. The SMILES string of the molecule is O=c1c(Cc2ccco2)nc2c(Cc3ccccc3)[nH]c(-c3ccc(F)c([N+](=O)[O-])c3)cn1-2. The maximum Gasteiger partial charge on any atom is 0.305 e. The summed E-state index contributed by atoms with van der Waals surface area (Å²) in [4.78, 5) is 31.4. The molecule has 0 spiro atoms. The second-order valence-corrected chi connectivity index (χ2v) is 7.55. The molecule has 0 aliphatic carbocycles. The summed E-state index contributed by atoms with van der Waals surface area (Å²) in [5.41, 5.74) is 1.79. The third-order valence-corrected chi connectivity index (χ3v) is 5.35. The van der Waals surface area contributed by atoms with Crippen LogP contribution in [0.1, 0.15) is 22.7 Å². The molecule has 164 valence electrons. The molecule has 2 aliphatic rings. The predicted molar refractivity (Wildman–Crippen MR) is 118 cm³/mol. The molecule has 33 heavy (non-hydrogen) atoms. The zero-order chi connectivity index (χ0) is 22.9. The molecule has 0 saturated carbocycles. The highest BCUT2D eigenvalue weighted by Crippen LogP contribution is 2.28. The van der Waals surface area contributed by atoms with Crippen LogP contribution < -0.4 is 5.56 Å². The number of furan rings is 1. The predicted octanol–water partition coefficient (Wildman–Crippen LogP) is 4.49. The quantitative estimate of drug-likeness (QED) is 0.307. The fourth-order valence-electron chi connectivity index (χ4n) is 3.76. The minimum absolute atomic E-state index is 0.232. The van der Waals surface area contributed by atoms with Crippen molar-refractivity contribution < 1.29 is 13.7 Å². The number of rotatable bonds is 6. The normalized spacial score (nSPS) is 11.2. The van der Waals surface area contributed by atoms with Crippen LogP contribution in [-0.4, -0.2) is 19.5 Å². The lowest BCUT2D eigenvalue weighted by atomic mass is 10.1. The highest BCUT2D eigenvalue weighted by molar-refractivity contribution is 5.63. The van der Waals surface area contributed by atoms with Crippen LogP contribution in [-0.2, 0) is 12.8 Å². The number of H-pyrrole nitrogens is 1. The van der Waals surface area contributed by atoms with E-state index in [-0.39, 0.29) is 12.0 Å². The summed E-state index contributed by atoms with van der Waals surface area (Å²) in [6.45, 7) is 0. The Morgan fingerprint density at radius 3 is 2.64 bits per heavy atom. The van der Waals surface area contributed by atoms with E-state index in [4.69, 9.17) is 4.42 Å². The van der Waals surface area contributed by atoms with Crippen molar-refractivity contribution in [2.75, 3.05) is 0 Å². The van der Waals surface area contributed by atoms with Gasteiger partial charge in [0.1, 0.15) is 11.5 Å². The number of hydrogen-bond acceptors (Lipinski definition) is 5. The average molecular weight is 444 g/mol. The number of nitro benzene ring substituents is 1. The number of nitrogens with one attached hydrogen (secondary N) is 1. The van der Waals surface area contributed by atoms with Crippen LogP contribution in [0.5, 0.6) is 0 Å². The third-order valence-electron chi connectivity index (χ3n) is 5.35. The lowest BCUT2D eigenvalue weighted by Crippen LogP contribution is -2.17. The van der Waals surface area contributed by atoms with Gasteiger partial charge in [0.05, 0.1) is 29.0 Å². The number of hydrogen-bond donors (Lipinski definition) is 1. The number of imidazole rings is 1. The molecular formula is C24H17FN4O4. The molecule has 0 amide bonds. The Hall–Kier alpha value is -4.53. The van der Waals surface area contributed by atoms with Crippen LogP contribution >= 0.6 is 0 Å². The number of fused-ring (bicyclic) bond motifs is 1. The number of aromatic nitrogens is 3. The minimum Gasteiger partial charge on any atom is -0.469 e. The molecule has 9 heteroatoms. The first-order valence-electron chi connectivity index (χ1n) is 10.1. The first-order valence-corrected chi connectivity index (χ1v) is 10.1. The molecule has 2 aliphatic heterocycles. The van der Waals surface area contributed by atoms with Crippen LogP contribution in [0.25, 0.3) is 17.1 Å². The molecule has 3 heterocycles. The molecule has 0 fully saturated rings. The van der Waals surface area contributed by atoms with E-state index in [1.54, 1.807) is 12.1 Å². The summed E-state index contributed by atoms with van der Waals surface area (Å²) < 4.78 is 20.7. The van der Waals surface area contributed by atoms with Crippen molar-refractivity contribution in [1.82, 2.24) is 14.5 Å². The van der Waals surface area contributed by atoms with Crippen LogP contribution in [0, 0.1) is 15.9 Å². The van der Waals surface area contributed by atoms with Crippen LogP contribution in [0.2, 0.25) is 0 Å². The first-order chi connectivity index (χ1) is 16.0. The Kier molecular flexibility index (Phi) is 5.06. The summed E-state index contributed by atoms with van der Waals surface area (Å²) >= 11 is 0. The van der Waals surface area contributed by atoms with Crippen molar-refractivity contribution in [3.8, 4) is 17.1 Å². The Morgan fingerprint density at radius 1 is 1.09 bits per heavy atom. The maximum absolute atomic E-state index is 13.9. The van der Waals surface area contributed by atoms with Crippen molar-refractivity contribution in [1.29, 1.82) is 0 Å². The fraction of sp³-hybridized carbons (Fsp3) is 0.0833. The van der Waals surface area contributed by atoms with Crippen molar-refractivity contribution in [3.05, 3.63) is 122 Å². The molecule has 8 nitrogen and oxygen atoms in total.